The summed E-state index contributed by atoms with van der Waals surface area (Å²) in [4.78, 5) is 15.5. The number of hydrogen-bond donors (Lipinski definition) is 2. The van der Waals surface area contributed by atoms with Gasteiger partial charge in [-0.1, -0.05) is 6.07 Å². The number of aliphatic hydroxyl groups is 1. The standard InChI is InChI=1S/C13H20N2O3/c1-9(15-12(17)18-13(2,3)4)11(16)10-6-5-7-14-8-10/h5-9,11,16H,1-4H3,(H,15,17)/t9-,11?/m0/s1. The molecule has 0 saturated carbocycles. The molecule has 1 unspecified atom stereocenters. The van der Waals surface area contributed by atoms with Crippen LogP contribution in [0.5, 0.6) is 0 Å². The molecule has 18 heavy (non-hydrogen) atoms. The fourth-order valence-electron chi connectivity index (χ4n) is 1.41. The number of hydrogen-bond acceptors (Lipinski definition) is 4. The summed E-state index contributed by atoms with van der Waals surface area (Å²) in [7, 11) is 0. The van der Waals surface area contributed by atoms with Crippen LogP contribution >= 0.6 is 0 Å². The topological polar surface area (TPSA) is 71.5 Å². The van der Waals surface area contributed by atoms with Crippen LogP contribution in [0.3, 0.4) is 0 Å². The van der Waals surface area contributed by atoms with E-state index in [2.05, 4.69) is 10.3 Å². The molecule has 1 rings (SSSR count). The third kappa shape index (κ3) is 4.71. The van der Waals surface area contributed by atoms with Gasteiger partial charge in [0, 0.05) is 18.0 Å². The fourth-order valence-corrected chi connectivity index (χ4v) is 1.41. The van der Waals surface area contributed by atoms with E-state index in [1.165, 1.54) is 0 Å². The SMILES string of the molecule is C[C@H](NC(=O)OC(C)(C)C)C(O)c1cccnc1. The van der Waals surface area contributed by atoms with E-state index in [1.807, 2.05) is 0 Å². The summed E-state index contributed by atoms with van der Waals surface area (Å²) in [6.07, 6.45) is 1.84. The van der Waals surface area contributed by atoms with Crippen molar-refractivity contribution >= 4 is 6.09 Å². The molecule has 0 spiro atoms. The zero-order valence-electron chi connectivity index (χ0n) is 11.2. The molecule has 5 nitrogen and oxygen atoms in total. The van der Waals surface area contributed by atoms with Gasteiger partial charge in [0.25, 0.3) is 0 Å². The van der Waals surface area contributed by atoms with Crippen LogP contribution in [0, 0.1) is 0 Å². The second-order valence-corrected chi connectivity index (χ2v) is 5.17. The molecule has 100 valence electrons. The zero-order chi connectivity index (χ0) is 13.8. The molecule has 0 saturated heterocycles. The van der Waals surface area contributed by atoms with E-state index >= 15 is 0 Å². The van der Waals surface area contributed by atoms with Crippen molar-refractivity contribution in [2.24, 2.45) is 0 Å². The molecule has 0 aromatic carbocycles. The molecule has 0 aliphatic carbocycles. The highest BCUT2D eigenvalue weighted by molar-refractivity contribution is 5.68. The van der Waals surface area contributed by atoms with Gasteiger partial charge >= 0.3 is 6.09 Å². The maximum atomic E-state index is 11.5. The second-order valence-electron chi connectivity index (χ2n) is 5.17. The van der Waals surface area contributed by atoms with Crippen molar-refractivity contribution in [1.29, 1.82) is 0 Å². The predicted molar refractivity (Wildman–Crippen MR) is 68.0 cm³/mol. The minimum absolute atomic E-state index is 0.455. The number of pyridine rings is 1. The Bertz CT molecular complexity index is 387. The number of ether oxygens (including phenoxy) is 1. The van der Waals surface area contributed by atoms with Gasteiger partial charge in [0.05, 0.1) is 6.04 Å². The summed E-state index contributed by atoms with van der Waals surface area (Å²) in [5.74, 6) is 0. The third-order valence-corrected chi connectivity index (χ3v) is 2.24. The maximum Gasteiger partial charge on any atom is 0.407 e. The minimum Gasteiger partial charge on any atom is -0.444 e. The normalized spacial score (nSPS) is 14.7. The average molecular weight is 252 g/mol. The van der Waals surface area contributed by atoms with Crippen molar-refractivity contribution in [2.45, 2.75) is 45.4 Å². The van der Waals surface area contributed by atoms with E-state index in [0.717, 1.165) is 0 Å². The molecule has 2 atom stereocenters. The van der Waals surface area contributed by atoms with Crippen molar-refractivity contribution in [1.82, 2.24) is 10.3 Å². The summed E-state index contributed by atoms with van der Waals surface area (Å²) in [6.45, 7) is 7.07. The third-order valence-electron chi connectivity index (χ3n) is 2.24. The molecule has 1 amide bonds. The number of rotatable bonds is 3. The lowest BCUT2D eigenvalue weighted by molar-refractivity contribution is 0.0435. The molecule has 0 aliphatic rings. The number of nitrogens with one attached hydrogen (secondary N) is 1. The number of aliphatic hydroxyl groups excluding tert-OH is 1. The Morgan fingerprint density at radius 1 is 1.50 bits per heavy atom. The van der Waals surface area contributed by atoms with Crippen molar-refractivity contribution in [3.63, 3.8) is 0 Å². The highest BCUT2D eigenvalue weighted by Crippen LogP contribution is 2.15. The van der Waals surface area contributed by atoms with Crippen LogP contribution in [0.25, 0.3) is 0 Å². The average Bonchev–Trinajstić information content (AvgIpc) is 2.26. The summed E-state index contributed by atoms with van der Waals surface area (Å²) in [5, 5.41) is 12.6. The van der Waals surface area contributed by atoms with Gasteiger partial charge in [-0.15, -0.1) is 0 Å². The number of nitrogens with zero attached hydrogens (tertiary/aromatic N) is 1. The Kier molecular flexibility index (Phi) is 4.67. The zero-order valence-corrected chi connectivity index (χ0v) is 11.2. The van der Waals surface area contributed by atoms with Crippen LogP contribution in [0.1, 0.15) is 39.4 Å². The van der Waals surface area contributed by atoms with Crippen LogP contribution in [-0.2, 0) is 4.74 Å². The van der Waals surface area contributed by atoms with Gasteiger partial charge in [-0.3, -0.25) is 4.98 Å². The van der Waals surface area contributed by atoms with Gasteiger partial charge in [0.15, 0.2) is 0 Å². The number of amides is 1. The number of carbonyl (C=O) groups is 1. The molecule has 0 fully saturated rings. The molecule has 1 heterocycles. The van der Waals surface area contributed by atoms with Gasteiger partial charge < -0.3 is 15.2 Å². The van der Waals surface area contributed by atoms with Crippen molar-refractivity contribution in [2.75, 3.05) is 0 Å². The van der Waals surface area contributed by atoms with Crippen LogP contribution in [-0.4, -0.2) is 27.8 Å². The van der Waals surface area contributed by atoms with E-state index < -0.39 is 23.8 Å². The highest BCUT2D eigenvalue weighted by atomic mass is 16.6. The van der Waals surface area contributed by atoms with E-state index in [1.54, 1.807) is 52.2 Å². The Balaban J connectivity index is 2.55. The molecule has 2 N–H and O–H groups in total. The van der Waals surface area contributed by atoms with Crippen molar-refractivity contribution in [3.8, 4) is 0 Å². The second kappa shape index (κ2) is 5.82. The lowest BCUT2D eigenvalue weighted by Gasteiger charge is -2.24. The van der Waals surface area contributed by atoms with Gasteiger partial charge in [-0.2, -0.15) is 0 Å². The Morgan fingerprint density at radius 2 is 2.17 bits per heavy atom. The predicted octanol–water partition coefficient (Wildman–Crippen LogP) is 2.03. The lowest BCUT2D eigenvalue weighted by atomic mass is 10.1. The molecule has 1 aromatic rings. The number of alkyl carbamates (subject to hydrolysis) is 1. The van der Waals surface area contributed by atoms with Gasteiger partial charge in [0.1, 0.15) is 11.7 Å². The first-order valence-corrected chi connectivity index (χ1v) is 5.87. The summed E-state index contributed by atoms with van der Waals surface area (Å²) >= 11 is 0. The van der Waals surface area contributed by atoms with Gasteiger partial charge in [0.2, 0.25) is 0 Å². The minimum atomic E-state index is -0.814. The molecule has 0 aliphatic heterocycles. The van der Waals surface area contributed by atoms with Crippen LogP contribution < -0.4 is 5.32 Å². The summed E-state index contributed by atoms with van der Waals surface area (Å²) < 4.78 is 5.12. The molecule has 5 heteroatoms. The first-order valence-electron chi connectivity index (χ1n) is 5.87. The number of carbonyl (C=O) groups excluding carboxylic acids is 1. The largest absolute Gasteiger partial charge is 0.444 e. The lowest BCUT2D eigenvalue weighted by Crippen LogP contribution is -2.40. The Labute approximate surface area is 107 Å². The van der Waals surface area contributed by atoms with E-state index in [4.69, 9.17) is 4.74 Å². The highest BCUT2D eigenvalue weighted by Gasteiger charge is 2.22. The van der Waals surface area contributed by atoms with E-state index in [0.29, 0.717) is 5.56 Å². The van der Waals surface area contributed by atoms with Crippen molar-refractivity contribution < 1.29 is 14.6 Å². The monoisotopic (exact) mass is 252 g/mol. The van der Waals surface area contributed by atoms with Gasteiger partial charge in [-0.25, -0.2) is 4.79 Å². The van der Waals surface area contributed by atoms with Crippen molar-refractivity contribution in [3.05, 3.63) is 30.1 Å². The molecule has 0 bridgehead atoms. The molecular weight excluding hydrogens is 232 g/mol. The molecular formula is C13H20N2O3. The Morgan fingerprint density at radius 3 is 2.67 bits per heavy atom. The fraction of sp³-hybridized carbons (Fsp3) is 0.538. The quantitative estimate of drug-likeness (QED) is 0.863. The van der Waals surface area contributed by atoms with E-state index in [-0.39, 0.29) is 0 Å². The van der Waals surface area contributed by atoms with E-state index in [9.17, 15) is 9.90 Å². The first-order chi connectivity index (χ1) is 8.29. The molecule has 0 radical (unpaired) electrons. The maximum absolute atomic E-state index is 11.5. The van der Waals surface area contributed by atoms with Gasteiger partial charge in [-0.05, 0) is 33.8 Å². The smallest absolute Gasteiger partial charge is 0.407 e. The van der Waals surface area contributed by atoms with Crippen LogP contribution in [0.4, 0.5) is 4.79 Å². The first kappa shape index (κ1) is 14.4. The Hall–Kier alpha value is -1.62. The number of aromatic nitrogens is 1. The summed E-state index contributed by atoms with van der Waals surface area (Å²) in [6, 6.07) is 3.04. The van der Waals surface area contributed by atoms with Crippen LogP contribution in [0.15, 0.2) is 24.5 Å². The molecule has 1 aromatic heterocycles. The summed E-state index contributed by atoms with van der Waals surface area (Å²) in [5.41, 5.74) is 0.101. The van der Waals surface area contributed by atoms with Crippen LogP contribution in [0.2, 0.25) is 0 Å².